The van der Waals surface area contributed by atoms with Gasteiger partial charge in [-0.05, 0) is 48.9 Å². The largest absolute Gasteiger partial charge is 0.416 e. The summed E-state index contributed by atoms with van der Waals surface area (Å²) in [6.07, 6.45) is -2.11. The van der Waals surface area contributed by atoms with Crippen molar-refractivity contribution in [1.29, 1.82) is 0 Å². The summed E-state index contributed by atoms with van der Waals surface area (Å²) in [7, 11) is 0. The first kappa shape index (κ1) is 20.5. The maximum atomic E-state index is 13.4. The number of nitrogens with zero attached hydrogens (tertiary/aromatic N) is 5. The highest BCUT2D eigenvalue weighted by atomic mass is 19.4. The van der Waals surface area contributed by atoms with E-state index in [0.29, 0.717) is 28.3 Å². The molecule has 2 aromatic heterocycles. The van der Waals surface area contributed by atoms with Crippen molar-refractivity contribution in [3.05, 3.63) is 60.0 Å². The van der Waals surface area contributed by atoms with Gasteiger partial charge in [0, 0.05) is 24.0 Å². The van der Waals surface area contributed by atoms with Gasteiger partial charge in [0.2, 0.25) is 0 Å². The molecule has 2 aliphatic heterocycles. The van der Waals surface area contributed by atoms with E-state index >= 15 is 0 Å². The second-order valence-electron chi connectivity index (χ2n) is 8.07. The van der Waals surface area contributed by atoms with Crippen molar-refractivity contribution >= 4 is 17.4 Å². The number of fused-ring (bicyclic) bond motifs is 1. The minimum Gasteiger partial charge on any atom is -0.351 e. The van der Waals surface area contributed by atoms with Crippen LogP contribution in [-0.2, 0) is 6.18 Å². The van der Waals surface area contributed by atoms with Crippen LogP contribution in [0.5, 0.6) is 0 Å². The van der Waals surface area contributed by atoms with E-state index in [2.05, 4.69) is 10.1 Å². The van der Waals surface area contributed by atoms with Crippen LogP contribution in [0.2, 0.25) is 0 Å². The number of hydrogen-bond acceptors (Lipinski definition) is 4. The molecule has 1 saturated heterocycles. The van der Waals surface area contributed by atoms with Crippen LogP contribution >= 0.6 is 0 Å². The lowest BCUT2D eigenvalue weighted by molar-refractivity contribution is -0.137. The van der Waals surface area contributed by atoms with Crippen molar-refractivity contribution < 1.29 is 22.4 Å². The molecule has 0 radical (unpaired) electrons. The normalized spacial score (nSPS) is 19.2. The number of hydrogen-bond donors (Lipinski definition) is 0. The van der Waals surface area contributed by atoms with Gasteiger partial charge in [-0.3, -0.25) is 9.48 Å². The molecule has 4 heterocycles. The predicted octanol–water partition coefficient (Wildman–Crippen LogP) is 4.34. The highest BCUT2D eigenvalue weighted by molar-refractivity contribution is 6.09. The maximum absolute atomic E-state index is 13.4. The monoisotopic (exact) mass is 445 g/mol. The Kier molecular flexibility index (Phi) is 4.68. The SMILES string of the molecule is C[C@H]1CN(c2ccc(C(F)(F)F)cc2)C(=O)c2c(-c3ccnc(N4CC(F)C4)c3)cnn21. The number of alkyl halides is 4. The molecule has 1 amide bonds. The first-order valence-electron chi connectivity index (χ1n) is 10.1. The van der Waals surface area contributed by atoms with E-state index in [1.165, 1.54) is 17.0 Å². The number of rotatable bonds is 3. The summed E-state index contributed by atoms with van der Waals surface area (Å²) in [5.74, 6) is 0.272. The Labute approximate surface area is 181 Å². The Morgan fingerprint density at radius 2 is 1.78 bits per heavy atom. The Bertz CT molecular complexity index is 1170. The van der Waals surface area contributed by atoms with Crippen molar-refractivity contribution in [2.45, 2.75) is 25.3 Å². The van der Waals surface area contributed by atoms with Gasteiger partial charge in [-0.1, -0.05) is 0 Å². The first-order valence-corrected chi connectivity index (χ1v) is 10.1. The van der Waals surface area contributed by atoms with Crippen LogP contribution in [0.15, 0.2) is 48.8 Å². The number of anilines is 2. The molecule has 0 N–H and O–H groups in total. The molecule has 0 spiro atoms. The van der Waals surface area contributed by atoms with Gasteiger partial charge in [0.1, 0.15) is 17.7 Å². The predicted molar refractivity (Wildman–Crippen MR) is 110 cm³/mol. The molecule has 0 aliphatic carbocycles. The van der Waals surface area contributed by atoms with E-state index < -0.39 is 17.9 Å². The Balaban J connectivity index is 1.49. The fourth-order valence-corrected chi connectivity index (χ4v) is 4.10. The first-order chi connectivity index (χ1) is 15.2. The van der Waals surface area contributed by atoms with Crippen molar-refractivity contribution in [2.75, 3.05) is 29.4 Å². The highest BCUT2D eigenvalue weighted by Gasteiger charge is 2.35. The van der Waals surface area contributed by atoms with Crippen molar-refractivity contribution in [3.8, 4) is 11.1 Å². The standard InChI is InChI=1S/C22H19F4N5O/c1-13-10-30(17-4-2-15(3-5-17)22(24,25)26)21(32)20-18(9-28-31(13)20)14-6-7-27-19(8-14)29-11-16(23)12-29/h2-9,13,16H,10-12H2,1H3/t13-/m0/s1. The van der Waals surface area contributed by atoms with Gasteiger partial charge in [-0.25, -0.2) is 9.37 Å². The molecule has 0 unspecified atom stereocenters. The van der Waals surface area contributed by atoms with Crippen LogP contribution < -0.4 is 9.80 Å². The molecule has 1 fully saturated rings. The third-order valence-corrected chi connectivity index (χ3v) is 5.83. The van der Waals surface area contributed by atoms with Gasteiger partial charge in [-0.15, -0.1) is 0 Å². The summed E-state index contributed by atoms with van der Waals surface area (Å²) in [4.78, 5) is 21.0. The van der Waals surface area contributed by atoms with E-state index in [4.69, 9.17) is 0 Å². The lowest BCUT2D eigenvalue weighted by Crippen LogP contribution is -2.48. The Hall–Kier alpha value is -3.43. The zero-order chi connectivity index (χ0) is 22.6. The van der Waals surface area contributed by atoms with Gasteiger partial charge in [0.25, 0.3) is 5.91 Å². The van der Waals surface area contributed by atoms with Crippen molar-refractivity contribution in [1.82, 2.24) is 14.8 Å². The van der Waals surface area contributed by atoms with Crippen LogP contribution in [0.25, 0.3) is 11.1 Å². The molecule has 6 nitrogen and oxygen atoms in total. The highest BCUT2D eigenvalue weighted by Crippen LogP contribution is 2.35. The van der Waals surface area contributed by atoms with Gasteiger partial charge in [-0.2, -0.15) is 18.3 Å². The summed E-state index contributed by atoms with van der Waals surface area (Å²) in [6.45, 7) is 2.73. The minimum atomic E-state index is -4.44. The summed E-state index contributed by atoms with van der Waals surface area (Å²) < 4.78 is 53.6. The average Bonchev–Trinajstić information content (AvgIpc) is 3.20. The van der Waals surface area contributed by atoms with Gasteiger partial charge in [0.15, 0.2) is 0 Å². The van der Waals surface area contributed by atoms with E-state index in [-0.39, 0.29) is 31.6 Å². The summed E-state index contributed by atoms with van der Waals surface area (Å²) in [6, 6.07) is 7.92. The van der Waals surface area contributed by atoms with Crippen LogP contribution in [0.4, 0.5) is 29.1 Å². The third kappa shape index (κ3) is 3.39. The van der Waals surface area contributed by atoms with E-state index in [1.54, 1.807) is 29.2 Å². The lowest BCUT2D eigenvalue weighted by Gasteiger charge is -2.35. The van der Waals surface area contributed by atoms with Crippen molar-refractivity contribution in [3.63, 3.8) is 0 Å². The molecule has 5 rings (SSSR count). The van der Waals surface area contributed by atoms with E-state index in [1.807, 2.05) is 11.8 Å². The fraction of sp³-hybridized carbons (Fsp3) is 0.318. The number of carbonyl (C=O) groups excluding carboxylic acids is 1. The molecule has 32 heavy (non-hydrogen) atoms. The Morgan fingerprint density at radius 1 is 1.06 bits per heavy atom. The van der Waals surface area contributed by atoms with Crippen LogP contribution in [0, 0.1) is 0 Å². The van der Waals surface area contributed by atoms with E-state index in [0.717, 1.165) is 12.1 Å². The van der Waals surface area contributed by atoms with Gasteiger partial charge >= 0.3 is 6.18 Å². The quantitative estimate of drug-likeness (QED) is 0.563. The van der Waals surface area contributed by atoms with E-state index in [9.17, 15) is 22.4 Å². The minimum absolute atomic E-state index is 0.178. The lowest BCUT2D eigenvalue weighted by atomic mass is 10.0. The molecule has 10 heteroatoms. The molecule has 0 bridgehead atoms. The summed E-state index contributed by atoms with van der Waals surface area (Å²) >= 11 is 0. The molecule has 1 aromatic carbocycles. The molecule has 3 aromatic rings. The zero-order valence-electron chi connectivity index (χ0n) is 17.1. The van der Waals surface area contributed by atoms with Gasteiger partial charge < -0.3 is 9.80 Å². The van der Waals surface area contributed by atoms with Crippen molar-refractivity contribution in [2.24, 2.45) is 0 Å². The number of halogens is 4. The smallest absolute Gasteiger partial charge is 0.351 e. The molecule has 0 saturated carbocycles. The summed E-state index contributed by atoms with van der Waals surface area (Å²) in [5, 5.41) is 4.39. The van der Waals surface area contributed by atoms with Crippen LogP contribution in [0.1, 0.15) is 29.0 Å². The Morgan fingerprint density at radius 3 is 2.44 bits per heavy atom. The molecule has 2 aliphatic rings. The van der Waals surface area contributed by atoms with Gasteiger partial charge in [0.05, 0.1) is 30.9 Å². The maximum Gasteiger partial charge on any atom is 0.416 e. The molecule has 166 valence electrons. The summed E-state index contributed by atoms with van der Waals surface area (Å²) in [5.41, 5.74) is 1.29. The number of benzene rings is 1. The number of pyridine rings is 1. The van der Waals surface area contributed by atoms with Crippen LogP contribution in [0.3, 0.4) is 0 Å². The second-order valence-corrected chi connectivity index (χ2v) is 8.07. The molecular formula is C22H19F4N5O. The second kappa shape index (κ2) is 7.32. The average molecular weight is 445 g/mol. The molecular weight excluding hydrogens is 426 g/mol. The third-order valence-electron chi connectivity index (χ3n) is 5.83. The number of amides is 1. The fourth-order valence-electron chi connectivity index (χ4n) is 4.10. The topological polar surface area (TPSA) is 54.3 Å². The number of carbonyl (C=O) groups is 1. The van der Waals surface area contributed by atoms with Crippen LogP contribution in [-0.4, -0.2) is 46.5 Å². The molecule has 1 atom stereocenters. The number of aromatic nitrogens is 3. The zero-order valence-corrected chi connectivity index (χ0v) is 17.1.